The Balaban J connectivity index is 2.16. The van der Waals surface area contributed by atoms with Crippen molar-refractivity contribution in [3.05, 3.63) is 11.6 Å². The van der Waals surface area contributed by atoms with Crippen LogP contribution in [0.2, 0.25) is 0 Å². The van der Waals surface area contributed by atoms with Crippen molar-refractivity contribution >= 4 is 40.1 Å². The Morgan fingerprint density at radius 3 is 3.05 bits per heavy atom. The largest absolute Gasteiger partial charge is 0.368 e. The zero-order valence-corrected chi connectivity index (χ0v) is 12.2. The van der Waals surface area contributed by atoms with Crippen LogP contribution in [0.3, 0.4) is 0 Å². The van der Waals surface area contributed by atoms with Crippen molar-refractivity contribution in [3.63, 3.8) is 0 Å². The standard InChI is InChI=1S/C10H14N6OS2/c1-3-18-10-15-14-8(11)16(10)6(2)7(17)13-9-12-4-5-19-9/h4-6H,3H2,1-2H3,(H2,11,14)(H,12,13,17). The van der Waals surface area contributed by atoms with Gasteiger partial charge in [-0.1, -0.05) is 18.7 Å². The molecule has 2 aromatic heterocycles. The van der Waals surface area contributed by atoms with E-state index in [4.69, 9.17) is 5.73 Å². The first kappa shape index (κ1) is 13.8. The lowest BCUT2D eigenvalue weighted by molar-refractivity contribution is -0.118. The minimum absolute atomic E-state index is 0.195. The highest BCUT2D eigenvalue weighted by atomic mass is 32.2. The Morgan fingerprint density at radius 1 is 1.63 bits per heavy atom. The molecule has 3 N–H and O–H groups in total. The normalized spacial score (nSPS) is 12.3. The third-order valence-electron chi connectivity index (χ3n) is 2.39. The summed E-state index contributed by atoms with van der Waals surface area (Å²) in [5, 5.41) is 13.5. The van der Waals surface area contributed by atoms with Crippen LogP contribution in [0.4, 0.5) is 11.1 Å². The first-order valence-electron chi connectivity index (χ1n) is 5.67. The maximum atomic E-state index is 12.1. The van der Waals surface area contributed by atoms with E-state index >= 15 is 0 Å². The van der Waals surface area contributed by atoms with Gasteiger partial charge in [0.1, 0.15) is 6.04 Å². The number of anilines is 2. The fourth-order valence-corrected chi connectivity index (χ4v) is 2.77. The van der Waals surface area contributed by atoms with Crippen LogP contribution >= 0.6 is 23.1 Å². The lowest BCUT2D eigenvalue weighted by Crippen LogP contribution is -2.25. The summed E-state index contributed by atoms with van der Waals surface area (Å²) >= 11 is 2.86. The molecular weight excluding hydrogens is 284 g/mol. The van der Waals surface area contributed by atoms with Crippen LogP contribution in [0.25, 0.3) is 0 Å². The van der Waals surface area contributed by atoms with Gasteiger partial charge in [-0.15, -0.1) is 21.5 Å². The van der Waals surface area contributed by atoms with Crippen LogP contribution in [-0.2, 0) is 4.79 Å². The van der Waals surface area contributed by atoms with E-state index in [2.05, 4.69) is 20.5 Å². The molecule has 0 saturated heterocycles. The van der Waals surface area contributed by atoms with Gasteiger partial charge in [-0.25, -0.2) is 4.98 Å². The first-order valence-corrected chi connectivity index (χ1v) is 7.53. The summed E-state index contributed by atoms with van der Waals surface area (Å²) < 4.78 is 1.62. The van der Waals surface area contributed by atoms with Gasteiger partial charge in [0, 0.05) is 11.6 Å². The van der Waals surface area contributed by atoms with E-state index in [-0.39, 0.29) is 11.9 Å². The highest BCUT2D eigenvalue weighted by molar-refractivity contribution is 7.99. The highest BCUT2D eigenvalue weighted by Crippen LogP contribution is 2.23. The number of thioether (sulfide) groups is 1. The van der Waals surface area contributed by atoms with Crippen molar-refractivity contribution in [2.75, 3.05) is 16.8 Å². The molecular formula is C10H14N6OS2. The van der Waals surface area contributed by atoms with E-state index in [1.165, 1.54) is 23.1 Å². The number of aromatic nitrogens is 4. The van der Waals surface area contributed by atoms with E-state index in [0.717, 1.165) is 5.75 Å². The van der Waals surface area contributed by atoms with Crippen molar-refractivity contribution in [2.45, 2.75) is 25.0 Å². The van der Waals surface area contributed by atoms with Crippen LogP contribution in [0, 0.1) is 0 Å². The number of carbonyl (C=O) groups excluding carboxylic acids is 1. The van der Waals surface area contributed by atoms with Gasteiger partial charge in [0.05, 0.1) is 0 Å². The van der Waals surface area contributed by atoms with E-state index in [9.17, 15) is 4.79 Å². The maximum Gasteiger partial charge on any atom is 0.249 e. The molecule has 1 atom stereocenters. The Bertz CT molecular complexity index is 552. The zero-order chi connectivity index (χ0) is 13.8. The van der Waals surface area contributed by atoms with Crippen molar-refractivity contribution in [3.8, 4) is 0 Å². The fourth-order valence-electron chi connectivity index (χ4n) is 1.49. The Labute approximate surface area is 118 Å². The number of nitrogens with zero attached hydrogens (tertiary/aromatic N) is 4. The van der Waals surface area contributed by atoms with Crippen molar-refractivity contribution in [1.29, 1.82) is 0 Å². The number of carbonyl (C=O) groups is 1. The van der Waals surface area contributed by atoms with Crippen molar-refractivity contribution in [1.82, 2.24) is 19.7 Å². The van der Waals surface area contributed by atoms with Crippen molar-refractivity contribution in [2.24, 2.45) is 0 Å². The monoisotopic (exact) mass is 298 g/mol. The summed E-state index contributed by atoms with van der Waals surface area (Å²) in [6.45, 7) is 3.75. The van der Waals surface area contributed by atoms with Gasteiger partial charge in [-0.2, -0.15) is 0 Å². The number of thiazole rings is 1. The van der Waals surface area contributed by atoms with E-state index < -0.39 is 6.04 Å². The summed E-state index contributed by atoms with van der Waals surface area (Å²) in [6, 6.07) is -0.493. The van der Waals surface area contributed by atoms with Gasteiger partial charge in [0.25, 0.3) is 0 Å². The minimum atomic E-state index is -0.493. The molecule has 2 heterocycles. The van der Waals surface area contributed by atoms with Gasteiger partial charge in [0.2, 0.25) is 11.9 Å². The van der Waals surface area contributed by atoms with Crippen LogP contribution in [0.5, 0.6) is 0 Å². The molecule has 0 aliphatic heterocycles. The molecule has 0 aromatic carbocycles. The van der Waals surface area contributed by atoms with E-state index in [1.807, 2.05) is 6.92 Å². The molecule has 2 rings (SSSR count). The second-order valence-corrected chi connectivity index (χ2v) is 5.77. The smallest absolute Gasteiger partial charge is 0.249 e. The lowest BCUT2D eigenvalue weighted by Gasteiger charge is -2.15. The molecule has 7 nitrogen and oxygen atoms in total. The van der Waals surface area contributed by atoms with Gasteiger partial charge >= 0.3 is 0 Å². The van der Waals surface area contributed by atoms with Crippen LogP contribution in [0.1, 0.15) is 19.9 Å². The van der Waals surface area contributed by atoms with Gasteiger partial charge < -0.3 is 11.1 Å². The third-order valence-corrected chi connectivity index (χ3v) is 3.91. The average molecular weight is 298 g/mol. The SMILES string of the molecule is CCSc1nnc(N)n1C(C)C(=O)Nc1nccs1. The Hall–Kier alpha value is -1.61. The lowest BCUT2D eigenvalue weighted by atomic mass is 10.3. The Morgan fingerprint density at radius 2 is 2.42 bits per heavy atom. The zero-order valence-electron chi connectivity index (χ0n) is 10.5. The molecule has 0 aliphatic carbocycles. The van der Waals surface area contributed by atoms with Gasteiger partial charge in [-0.05, 0) is 12.7 Å². The number of nitrogens with two attached hydrogens (primary N) is 1. The average Bonchev–Trinajstić information content (AvgIpc) is 2.99. The number of nitrogens with one attached hydrogen (secondary N) is 1. The summed E-state index contributed by atoms with van der Waals surface area (Å²) in [6.07, 6.45) is 1.64. The molecule has 1 unspecified atom stereocenters. The molecule has 2 aromatic rings. The molecule has 0 spiro atoms. The molecule has 0 radical (unpaired) electrons. The van der Waals surface area contributed by atoms with E-state index in [1.54, 1.807) is 23.1 Å². The molecule has 19 heavy (non-hydrogen) atoms. The molecule has 9 heteroatoms. The molecule has 0 bridgehead atoms. The predicted molar refractivity (Wildman–Crippen MR) is 76.3 cm³/mol. The molecule has 0 saturated carbocycles. The van der Waals surface area contributed by atoms with E-state index in [0.29, 0.717) is 10.3 Å². The topological polar surface area (TPSA) is 98.7 Å². The first-order chi connectivity index (χ1) is 9.13. The number of amides is 1. The van der Waals surface area contributed by atoms with Gasteiger partial charge in [0.15, 0.2) is 10.3 Å². The maximum absolute atomic E-state index is 12.1. The highest BCUT2D eigenvalue weighted by Gasteiger charge is 2.22. The number of nitrogen functional groups attached to an aromatic ring is 1. The number of rotatable bonds is 5. The van der Waals surface area contributed by atoms with Crippen LogP contribution < -0.4 is 11.1 Å². The van der Waals surface area contributed by atoms with Gasteiger partial charge in [-0.3, -0.25) is 9.36 Å². The van der Waals surface area contributed by atoms with Crippen LogP contribution in [0.15, 0.2) is 16.7 Å². The van der Waals surface area contributed by atoms with Crippen molar-refractivity contribution < 1.29 is 4.79 Å². The Kier molecular flexibility index (Phi) is 4.38. The molecule has 102 valence electrons. The summed E-state index contributed by atoms with van der Waals surface area (Å²) in [5.41, 5.74) is 5.77. The molecule has 1 amide bonds. The number of hydrogen-bond donors (Lipinski definition) is 2. The second kappa shape index (κ2) is 6.02. The van der Waals surface area contributed by atoms with Crippen LogP contribution in [-0.4, -0.2) is 31.4 Å². The summed E-state index contributed by atoms with van der Waals surface area (Å²) in [7, 11) is 0. The molecule has 0 aliphatic rings. The fraction of sp³-hybridized carbons (Fsp3) is 0.400. The molecule has 0 fully saturated rings. The second-order valence-electron chi connectivity index (χ2n) is 3.65. The summed E-state index contributed by atoms with van der Waals surface area (Å²) in [4.78, 5) is 16.1. The third kappa shape index (κ3) is 3.04. The summed E-state index contributed by atoms with van der Waals surface area (Å²) in [5.74, 6) is 0.871. The predicted octanol–water partition coefficient (Wildman–Crippen LogP) is 1.63. The number of hydrogen-bond acceptors (Lipinski definition) is 7. The quantitative estimate of drug-likeness (QED) is 0.814. The minimum Gasteiger partial charge on any atom is -0.368 e.